The summed E-state index contributed by atoms with van der Waals surface area (Å²) in [4.78, 5) is 4.62. The van der Waals surface area contributed by atoms with Gasteiger partial charge in [0.2, 0.25) is 5.82 Å². The molecule has 158 valence electrons. The fourth-order valence-electron chi connectivity index (χ4n) is 3.63. The Morgan fingerprint density at radius 3 is 2.52 bits per heavy atom. The van der Waals surface area contributed by atoms with Gasteiger partial charge < -0.3 is 0 Å². The van der Waals surface area contributed by atoms with E-state index in [-0.39, 0.29) is 0 Å². The maximum Gasteiger partial charge on any atom is 0.205 e. The predicted octanol–water partition coefficient (Wildman–Crippen LogP) is 4.64. The van der Waals surface area contributed by atoms with Crippen LogP contribution in [0.2, 0.25) is 0 Å². The first kappa shape index (κ1) is 21.0. The zero-order valence-electron chi connectivity index (χ0n) is 17.5. The fraction of sp³-hybridized carbons (Fsp3) is 0.304. The molecule has 2 aromatic heterocycles. The van der Waals surface area contributed by atoms with Crippen LogP contribution >= 0.6 is 12.2 Å². The van der Waals surface area contributed by atoms with Crippen LogP contribution in [-0.4, -0.2) is 40.8 Å². The van der Waals surface area contributed by atoms with Crippen molar-refractivity contribution in [3.63, 3.8) is 0 Å². The second kappa shape index (κ2) is 10.2. The number of thiocarbonyl (C=S) groups is 1. The van der Waals surface area contributed by atoms with Crippen LogP contribution < -0.4 is 0 Å². The average Bonchev–Trinajstić information content (AvgIpc) is 3.48. The Morgan fingerprint density at radius 2 is 1.81 bits per heavy atom. The van der Waals surface area contributed by atoms with E-state index >= 15 is 0 Å². The maximum atomic E-state index is 5.05. The van der Waals surface area contributed by atoms with Gasteiger partial charge in [-0.25, -0.2) is 9.67 Å². The quantitative estimate of drug-likeness (QED) is 0.291. The van der Waals surface area contributed by atoms with Crippen LogP contribution in [-0.2, 0) is 13.0 Å². The summed E-state index contributed by atoms with van der Waals surface area (Å²) >= 11 is 5.05. The Bertz CT molecular complexity index is 1120. The number of benzene rings is 2. The number of aryl methyl sites for hydroxylation is 1. The molecule has 0 saturated carbocycles. The molecule has 1 N–H and O–H groups in total. The van der Waals surface area contributed by atoms with Crippen molar-refractivity contribution in [3.8, 4) is 22.5 Å². The molecule has 0 radical (unpaired) electrons. The van der Waals surface area contributed by atoms with E-state index in [0.29, 0.717) is 11.6 Å². The number of nitrogens with one attached hydrogen (secondary N) is 1. The average molecular weight is 432 g/mol. The zero-order chi connectivity index (χ0) is 21.5. The summed E-state index contributed by atoms with van der Waals surface area (Å²) in [6.45, 7) is 3.09. The molecule has 0 saturated heterocycles. The van der Waals surface area contributed by atoms with Crippen molar-refractivity contribution in [1.29, 1.82) is 0 Å². The highest BCUT2D eigenvalue weighted by Gasteiger charge is 2.12. The lowest BCUT2D eigenvalue weighted by Gasteiger charge is -2.09. The van der Waals surface area contributed by atoms with Crippen molar-refractivity contribution in [3.05, 3.63) is 65.7 Å². The molecule has 0 amide bonds. The smallest absolute Gasteiger partial charge is 0.205 e. The van der Waals surface area contributed by atoms with Gasteiger partial charge in [-0.1, -0.05) is 86.9 Å². The van der Waals surface area contributed by atoms with Gasteiger partial charge in [0.1, 0.15) is 5.82 Å². The fourth-order valence-corrected chi connectivity index (χ4v) is 3.73. The molecule has 4 rings (SSSR count). The first-order valence-electron chi connectivity index (χ1n) is 10.6. The van der Waals surface area contributed by atoms with Crippen molar-refractivity contribution < 1.29 is 0 Å². The summed E-state index contributed by atoms with van der Waals surface area (Å²) in [6.07, 6.45) is 5.50. The minimum atomic E-state index is 0.587. The van der Waals surface area contributed by atoms with Gasteiger partial charge in [-0.2, -0.15) is 10.3 Å². The van der Waals surface area contributed by atoms with E-state index < -0.39 is 0 Å². The Hall–Kier alpha value is -3.26. The highest BCUT2D eigenvalue weighted by molar-refractivity contribution is 7.79. The summed E-state index contributed by atoms with van der Waals surface area (Å²) < 4.78 is 2.01. The summed E-state index contributed by atoms with van der Waals surface area (Å²) in [7, 11) is 0. The molecule has 0 bridgehead atoms. The lowest BCUT2D eigenvalue weighted by Crippen LogP contribution is -2.07. The summed E-state index contributed by atoms with van der Waals surface area (Å²) in [5.74, 6) is 2.15. The van der Waals surface area contributed by atoms with Gasteiger partial charge in [0.15, 0.2) is 5.82 Å². The first-order chi connectivity index (χ1) is 15.3. The third-order valence-electron chi connectivity index (χ3n) is 5.23. The SMILES string of the molecule is CCCCCCn1nc(C=S)nc1Cc1ccc(-c2ccccc2-c2nn[nH]n2)cc1. The zero-order valence-corrected chi connectivity index (χ0v) is 18.3. The molecule has 7 nitrogen and oxygen atoms in total. The third kappa shape index (κ3) is 5.08. The molecule has 0 unspecified atom stereocenters. The number of unbranched alkanes of at least 4 members (excludes halogenated alkanes) is 3. The molecule has 2 aromatic carbocycles. The van der Waals surface area contributed by atoms with E-state index in [0.717, 1.165) is 41.9 Å². The monoisotopic (exact) mass is 431 g/mol. The largest absolute Gasteiger partial charge is 0.249 e. The van der Waals surface area contributed by atoms with Gasteiger partial charge >= 0.3 is 0 Å². The lowest BCUT2D eigenvalue weighted by molar-refractivity contribution is 0.524. The van der Waals surface area contributed by atoms with Gasteiger partial charge in [-0.3, -0.25) is 0 Å². The van der Waals surface area contributed by atoms with Crippen molar-refractivity contribution in [2.45, 2.75) is 45.6 Å². The van der Waals surface area contributed by atoms with E-state index in [1.807, 2.05) is 22.9 Å². The van der Waals surface area contributed by atoms with E-state index in [4.69, 9.17) is 12.2 Å². The normalized spacial score (nSPS) is 11.0. The number of nitrogens with zero attached hydrogens (tertiary/aromatic N) is 6. The van der Waals surface area contributed by atoms with Crippen LogP contribution in [0.1, 0.15) is 49.8 Å². The molecule has 0 aliphatic carbocycles. The van der Waals surface area contributed by atoms with Gasteiger partial charge in [0.05, 0.1) is 0 Å². The molecule has 0 fully saturated rings. The standard InChI is InChI=1S/C23H25N7S/c1-2-3-4-7-14-30-22(24-21(16-31)27-30)15-17-10-12-18(13-11-17)19-8-5-6-9-20(19)23-25-28-29-26-23/h5-6,8-13,16H,2-4,7,14-15H2,1H3,(H,25,26,28,29). The number of hydrogen-bond acceptors (Lipinski definition) is 6. The number of tetrazole rings is 1. The molecule has 4 aromatic rings. The predicted molar refractivity (Wildman–Crippen MR) is 125 cm³/mol. The molecular formula is C23H25N7S. The molecule has 0 atom stereocenters. The maximum absolute atomic E-state index is 5.05. The van der Waals surface area contributed by atoms with Crippen LogP contribution in [0.4, 0.5) is 0 Å². The Kier molecular flexibility index (Phi) is 6.89. The second-order valence-electron chi connectivity index (χ2n) is 7.44. The summed E-state index contributed by atoms with van der Waals surface area (Å²) in [5, 5.41) is 20.6. The third-order valence-corrected chi connectivity index (χ3v) is 5.44. The van der Waals surface area contributed by atoms with Gasteiger partial charge in [0, 0.05) is 23.9 Å². The van der Waals surface area contributed by atoms with Crippen LogP contribution in [0.15, 0.2) is 48.5 Å². The number of H-pyrrole nitrogens is 1. The molecule has 0 aliphatic rings. The van der Waals surface area contributed by atoms with Crippen molar-refractivity contribution in [2.75, 3.05) is 0 Å². The van der Waals surface area contributed by atoms with Gasteiger partial charge in [-0.05, 0) is 28.3 Å². The Labute approximate surface area is 186 Å². The van der Waals surface area contributed by atoms with E-state index in [9.17, 15) is 0 Å². The summed E-state index contributed by atoms with van der Waals surface area (Å²) in [6, 6.07) is 16.6. The van der Waals surface area contributed by atoms with Crippen LogP contribution in [0.3, 0.4) is 0 Å². The molecule has 0 aliphatic heterocycles. The molecule has 31 heavy (non-hydrogen) atoms. The number of aromatic amines is 1. The highest BCUT2D eigenvalue weighted by Crippen LogP contribution is 2.29. The number of rotatable bonds is 10. The molecule has 0 spiro atoms. The van der Waals surface area contributed by atoms with E-state index in [1.165, 1.54) is 24.8 Å². The van der Waals surface area contributed by atoms with E-state index in [1.54, 1.807) is 5.37 Å². The number of hydrogen-bond donors (Lipinski definition) is 1. The second-order valence-corrected chi connectivity index (χ2v) is 7.68. The van der Waals surface area contributed by atoms with Gasteiger partial charge in [-0.15, -0.1) is 10.2 Å². The van der Waals surface area contributed by atoms with Crippen LogP contribution in [0.5, 0.6) is 0 Å². The minimum Gasteiger partial charge on any atom is -0.249 e. The Morgan fingerprint density at radius 1 is 1.00 bits per heavy atom. The van der Waals surface area contributed by atoms with Crippen LogP contribution in [0, 0.1) is 0 Å². The highest BCUT2D eigenvalue weighted by atomic mass is 32.1. The van der Waals surface area contributed by atoms with Crippen molar-refractivity contribution >= 4 is 17.6 Å². The molecular weight excluding hydrogens is 406 g/mol. The number of aromatic nitrogens is 7. The Balaban J connectivity index is 1.53. The van der Waals surface area contributed by atoms with E-state index in [2.05, 4.69) is 68.0 Å². The first-order valence-corrected chi connectivity index (χ1v) is 11.1. The minimum absolute atomic E-state index is 0.587. The van der Waals surface area contributed by atoms with Crippen molar-refractivity contribution in [2.24, 2.45) is 0 Å². The van der Waals surface area contributed by atoms with Gasteiger partial charge in [0.25, 0.3) is 0 Å². The summed E-state index contributed by atoms with van der Waals surface area (Å²) in [5.41, 5.74) is 4.29. The lowest BCUT2D eigenvalue weighted by atomic mass is 9.98. The molecule has 2 heterocycles. The van der Waals surface area contributed by atoms with Crippen molar-refractivity contribution in [1.82, 2.24) is 35.4 Å². The molecule has 8 heteroatoms. The van der Waals surface area contributed by atoms with Crippen LogP contribution in [0.25, 0.3) is 22.5 Å². The topological polar surface area (TPSA) is 85.2 Å².